The van der Waals surface area contributed by atoms with Gasteiger partial charge in [-0.15, -0.1) is 24.0 Å². The van der Waals surface area contributed by atoms with Gasteiger partial charge in [-0.3, -0.25) is 4.99 Å². The molecule has 0 spiro atoms. The van der Waals surface area contributed by atoms with Gasteiger partial charge in [0.05, 0.1) is 4.90 Å². The van der Waals surface area contributed by atoms with Gasteiger partial charge in [0.15, 0.2) is 5.96 Å². The molecule has 2 aromatic rings. The number of nitrogens with one attached hydrogen (secondary N) is 3. The van der Waals surface area contributed by atoms with E-state index >= 15 is 0 Å². The standard InChI is InChI=1S/C22H32N4O2S.HI/c1-6-17-10-12-19(13-11-17)22(2,3)16-26-21(23-4)25-15-18-8-7-9-20(14-18)29(27,28)24-5;/h7-14,24H,6,15-16H2,1-5H3,(H2,23,25,26);1H. The number of benzene rings is 2. The zero-order valence-corrected chi connectivity index (χ0v) is 21.5. The Morgan fingerprint density at radius 2 is 1.70 bits per heavy atom. The van der Waals surface area contributed by atoms with Crippen molar-refractivity contribution in [1.29, 1.82) is 0 Å². The number of rotatable bonds is 8. The Kier molecular flexibility index (Phi) is 10.3. The second-order valence-electron chi connectivity index (χ2n) is 7.57. The molecule has 30 heavy (non-hydrogen) atoms. The molecule has 3 N–H and O–H groups in total. The van der Waals surface area contributed by atoms with E-state index in [0.29, 0.717) is 19.0 Å². The molecule has 0 atom stereocenters. The second-order valence-corrected chi connectivity index (χ2v) is 9.46. The van der Waals surface area contributed by atoms with Gasteiger partial charge in [0.1, 0.15) is 0 Å². The maximum Gasteiger partial charge on any atom is 0.240 e. The molecule has 0 aliphatic heterocycles. The van der Waals surface area contributed by atoms with Gasteiger partial charge in [-0.25, -0.2) is 13.1 Å². The molecule has 0 aliphatic carbocycles. The molecule has 2 rings (SSSR count). The quantitative estimate of drug-likeness (QED) is 0.270. The molecule has 0 saturated heterocycles. The van der Waals surface area contributed by atoms with E-state index in [0.717, 1.165) is 12.0 Å². The van der Waals surface area contributed by atoms with Gasteiger partial charge in [0, 0.05) is 25.6 Å². The number of nitrogens with zero attached hydrogens (tertiary/aromatic N) is 1. The highest BCUT2D eigenvalue weighted by Gasteiger charge is 2.21. The Balaban J connectivity index is 0.00000450. The van der Waals surface area contributed by atoms with Gasteiger partial charge >= 0.3 is 0 Å². The van der Waals surface area contributed by atoms with E-state index in [4.69, 9.17) is 0 Å². The van der Waals surface area contributed by atoms with E-state index < -0.39 is 10.0 Å². The van der Waals surface area contributed by atoms with Crippen LogP contribution in [0.4, 0.5) is 0 Å². The number of hydrogen-bond acceptors (Lipinski definition) is 3. The zero-order chi connectivity index (χ0) is 21.5. The lowest BCUT2D eigenvalue weighted by Crippen LogP contribution is -2.43. The number of halogens is 1. The smallest absolute Gasteiger partial charge is 0.240 e. The molecule has 0 saturated carbocycles. The predicted molar refractivity (Wildman–Crippen MR) is 135 cm³/mol. The number of sulfonamides is 1. The summed E-state index contributed by atoms with van der Waals surface area (Å²) in [5.74, 6) is 0.671. The molecule has 0 bridgehead atoms. The van der Waals surface area contributed by atoms with Gasteiger partial charge in [-0.05, 0) is 42.3 Å². The minimum Gasteiger partial charge on any atom is -0.356 e. The highest BCUT2D eigenvalue weighted by molar-refractivity contribution is 14.0. The van der Waals surface area contributed by atoms with Crippen molar-refractivity contribution in [2.45, 2.75) is 44.0 Å². The fraction of sp³-hybridized carbons (Fsp3) is 0.409. The number of hydrogen-bond donors (Lipinski definition) is 3. The maximum absolute atomic E-state index is 12.0. The first-order valence-corrected chi connectivity index (χ1v) is 11.3. The van der Waals surface area contributed by atoms with Crippen molar-refractivity contribution in [2.24, 2.45) is 4.99 Å². The fourth-order valence-corrected chi connectivity index (χ4v) is 3.75. The third-order valence-corrected chi connectivity index (χ3v) is 6.41. The zero-order valence-electron chi connectivity index (χ0n) is 18.3. The van der Waals surface area contributed by atoms with E-state index in [1.165, 1.54) is 18.2 Å². The highest BCUT2D eigenvalue weighted by Crippen LogP contribution is 2.22. The minimum absolute atomic E-state index is 0. The lowest BCUT2D eigenvalue weighted by atomic mass is 9.84. The molecule has 0 radical (unpaired) electrons. The SMILES string of the molecule is CCc1ccc(C(C)(C)CNC(=NC)NCc2cccc(S(=O)(=O)NC)c2)cc1.I. The molecule has 0 aliphatic rings. The van der Waals surface area contributed by atoms with Crippen LogP contribution in [0.25, 0.3) is 0 Å². The summed E-state index contributed by atoms with van der Waals surface area (Å²) in [5, 5.41) is 6.62. The Bertz CT molecular complexity index is 942. The van der Waals surface area contributed by atoms with Crippen LogP contribution in [0.15, 0.2) is 58.4 Å². The Morgan fingerprint density at radius 3 is 2.27 bits per heavy atom. The summed E-state index contributed by atoms with van der Waals surface area (Å²) < 4.78 is 26.3. The average molecular weight is 545 g/mol. The van der Waals surface area contributed by atoms with Crippen molar-refractivity contribution in [2.75, 3.05) is 20.6 Å². The fourth-order valence-electron chi connectivity index (χ4n) is 2.95. The van der Waals surface area contributed by atoms with Crippen molar-refractivity contribution < 1.29 is 8.42 Å². The van der Waals surface area contributed by atoms with Crippen LogP contribution >= 0.6 is 24.0 Å². The lowest BCUT2D eigenvalue weighted by Gasteiger charge is -2.27. The van der Waals surface area contributed by atoms with E-state index in [2.05, 4.69) is 65.4 Å². The summed E-state index contributed by atoms with van der Waals surface area (Å²) >= 11 is 0. The van der Waals surface area contributed by atoms with Crippen LogP contribution in [0.5, 0.6) is 0 Å². The van der Waals surface area contributed by atoms with E-state index in [9.17, 15) is 8.42 Å². The first-order valence-electron chi connectivity index (χ1n) is 9.78. The summed E-state index contributed by atoms with van der Waals surface area (Å²) in [7, 11) is -0.325. The minimum atomic E-state index is -3.45. The van der Waals surface area contributed by atoms with Gasteiger partial charge in [-0.2, -0.15) is 0 Å². The van der Waals surface area contributed by atoms with E-state index in [1.807, 2.05) is 6.07 Å². The molecule has 2 aromatic carbocycles. The summed E-state index contributed by atoms with van der Waals surface area (Å²) in [6, 6.07) is 15.6. The second kappa shape index (κ2) is 11.7. The van der Waals surface area contributed by atoms with Crippen molar-refractivity contribution in [3.8, 4) is 0 Å². The van der Waals surface area contributed by atoms with Crippen LogP contribution in [0.2, 0.25) is 0 Å². The lowest BCUT2D eigenvalue weighted by molar-refractivity contribution is 0.508. The first kappa shape index (κ1) is 26.4. The van der Waals surface area contributed by atoms with Crippen LogP contribution in [0, 0.1) is 0 Å². The van der Waals surface area contributed by atoms with E-state index in [-0.39, 0.29) is 34.3 Å². The van der Waals surface area contributed by atoms with Crippen LogP contribution < -0.4 is 15.4 Å². The maximum atomic E-state index is 12.0. The molecular weight excluding hydrogens is 511 g/mol. The van der Waals surface area contributed by atoms with Crippen molar-refractivity contribution in [1.82, 2.24) is 15.4 Å². The molecule has 0 fully saturated rings. The average Bonchev–Trinajstić information content (AvgIpc) is 2.74. The van der Waals surface area contributed by atoms with Crippen molar-refractivity contribution in [3.63, 3.8) is 0 Å². The van der Waals surface area contributed by atoms with Crippen molar-refractivity contribution >= 4 is 40.0 Å². The Morgan fingerprint density at radius 1 is 1.03 bits per heavy atom. The number of aryl methyl sites for hydroxylation is 1. The molecule has 6 nitrogen and oxygen atoms in total. The molecular formula is C22H33IN4O2S. The van der Waals surface area contributed by atoms with Gasteiger partial charge in [-0.1, -0.05) is 57.2 Å². The third kappa shape index (κ3) is 7.24. The molecule has 0 heterocycles. The molecule has 166 valence electrons. The summed E-state index contributed by atoms with van der Waals surface area (Å²) in [5.41, 5.74) is 3.39. The monoisotopic (exact) mass is 544 g/mol. The summed E-state index contributed by atoms with van der Waals surface area (Å²) in [6.45, 7) is 7.73. The molecule has 0 unspecified atom stereocenters. The summed E-state index contributed by atoms with van der Waals surface area (Å²) in [4.78, 5) is 4.53. The number of aliphatic imine (C=N–C) groups is 1. The normalized spacial score (nSPS) is 12.2. The highest BCUT2D eigenvalue weighted by atomic mass is 127. The van der Waals surface area contributed by atoms with E-state index in [1.54, 1.807) is 25.2 Å². The van der Waals surface area contributed by atoms with Crippen LogP contribution in [-0.2, 0) is 28.4 Å². The van der Waals surface area contributed by atoms with Crippen LogP contribution in [0.1, 0.15) is 37.5 Å². The Labute approximate surface area is 198 Å². The van der Waals surface area contributed by atoms with Crippen molar-refractivity contribution in [3.05, 3.63) is 65.2 Å². The molecule has 0 amide bonds. The van der Waals surface area contributed by atoms with Crippen LogP contribution in [0.3, 0.4) is 0 Å². The van der Waals surface area contributed by atoms with Gasteiger partial charge < -0.3 is 10.6 Å². The first-order chi connectivity index (χ1) is 13.7. The Hall–Kier alpha value is -1.65. The molecule has 0 aromatic heterocycles. The predicted octanol–water partition coefficient (Wildman–Crippen LogP) is 3.42. The number of guanidine groups is 1. The molecule has 8 heteroatoms. The van der Waals surface area contributed by atoms with Gasteiger partial charge in [0.25, 0.3) is 0 Å². The largest absolute Gasteiger partial charge is 0.356 e. The van der Waals surface area contributed by atoms with Gasteiger partial charge in [0.2, 0.25) is 10.0 Å². The summed E-state index contributed by atoms with van der Waals surface area (Å²) in [6.07, 6.45) is 1.03. The van der Waals surface area contributed by atoms with Crippen LogP contribution in [-0.4, -0.2) is 35.0 Å². The topological polar surface area (TPSA) is 82.6 Å². The third-order valence-electron chi connectivity index (χ3n) is 5.00.